The fraction of sp³-hybridized carbons (Fsp3) is 0.889. The number of nitrogens with zero attached hydrogens (tertiary/aromatic N) is 1. The van der Waals surface area contributed by atoms with Crippen molar-refractivity contribution in [2.24, 2.45) is 10.9 Å². The number of ether oxygens (including phenoxy) is 1. The molecular formula is C18H35IN4O2. The standard InChI is InChI=1S/C18H34N4O2.HI/c1-2-19-18(20-11-5-13-24-14-15-8-9-15)21-12-10-17(23)22-16-6-3-4-7-16;/h15-16H,2-14H2,1H3,(H,22,23)(H2,19,20,21);1H. The highest BCUT2D eigenvalue weighted by Gasteiger charge is 2.20. The van der Waals surface area contributed by atoms with Crippen molar-refractivity contribution in [2.75, 3.05) is 32.8 Å². The molecule has 0 bridgehead atoms. The Kier molecular flexibility index (Phi) is 12.2. The van der Waals surface area contributed by atoms with Crippen molar-refractivity contribution in [2.45, 2.75) is 64.3 Å². The Labute approximate surface area is 169 Å². The first-order chi connectivity index (χ1) is 11.8. The Bertz CT molecular complexity index is 397. The smallest absolute Gasteiger partial charge is 0.221 e. The van der Waals surface area contributed by atoms with E-state index in [1.807, 2.05) is 6.92 Å². The van der Waals surface area contributed by atoms with Crippen LogP contribution in [-0.4, -0.2) is 50.8 Å². The quantitative estimate of drug-likeness (QED) is 0.189. The molecule has 7 heteroatoms. The molecule has 0 saturated heterocycles. The third-order valence-electron chi connectivity index (χ3n) is 4.48. The van der Waals surface area contributed by atoms with Crippen LogP contribution in [0.2, 0.25) is 0 Å². The van der Waals surface area contributed by atoms with E-state index in [0.717, 1.165) is 57.4 Å². The van der Waals surface area contributed by atoms with E-state index in [-0.39, 0.29) is 29.9 Å². The van der Waals surface area contributed by atoms with Gasteiger partial charge in [-0.25, -0.2) is 0 Å². The average Bonchev–Trinajstić information content (AvgIpc) is 3.25. The molecule has 2 saturated carbocycles. The van der Waals surface area contributed by atoms with Crippen molar-refractivity contribution in [1.29, 1.82) is 0 Å². The number of carbonyl (C=O) groups excluding carboxylic acids is 1. The first-order valence-corrected chi connectivity index (χ1v) is 9.67. The zero-order chi connectivity index (χ0) is 17.0. The predicted octanol–water partition coefficient (Wildman–Crippen LogP) is 2.43. The second-order valence-electron chi connectivity index (χ2n) is 6.86. The Balaban J connectivity index is 0.00000312. The first-order valence-electron chi connectivity index (χ1n) is 9.67. The molecule has 2 fully saturated rings. The lowest BCUT2D eigenvalue weighted by molar-refractivity contribution is -0.121. The fourth-order valence-electron chi connectivity index (χ4n) is 2.90. The predicted molar refractivity (Wildman–Crippen MR) is 113 cm³/mol. The van der Waals surface area contributed by atoms with Gasteiger partial charge in [0.05, 0.1) is 0 Å². The van der Waals surface area contributed by atoms with E-state index < -0.39 is 0 Å². The van der Waals surface area contributed by atoms with Gasteiger partial charge in [0, 0.05) is 45.3 Å². The largest absolute Gasteiger partial charge is 0.381 e. The first kappa shape index (κ1) is 22.5. The molecule has 2 rings (SSSR count). The number of nitrogens with one attached hydrogen (secondary N) is 3. The van der Waals surface area contributed by atoms with Gasteiger partial charge in [0.2, 0.25) is 5.91 Å². The number of guanidine groups is 1. The monoisotopic (exact) mass is 466 g/mol. The molecule has 0 atom stereocenters. The summed E-state index contributed by atoms with van der Waals surface area (Å²) in [6.45, 7) is 5.92. The van der Waals surface area contributed by atoms with E-state index in [0.29, 0.717) is 19.0 Å². The molecule has 0 radical (unpaired) electrons. The second kappa shape index (κ2) is 13.6. The lowest BCUT2D eigenvalue weighted by Crippen LogP contribution is -2.40. The third-order valence-corrected chi connectivity index (χ3v) is 4.48. The molecule has 1 amide bonds. The summed E-state index contributed by atoms with van der Waals surface area (Å²) in [6, 6.07) is 0.398. The summed E-state index contributed by atoms with van der Waals surface area (Å²) < 4.78 is 5.61. The van der Waals surface area contributed by atoms with Crippen LogP contribution < -0.4 is 16.0 Å². The fourth-order valence-corrected chi connectivity index (χ4v) is 2.90. The topological polar surface area (TPSA) is 74.8 Å². The maximum absolute atomic E-state index is 11.9. The van der Waals surface area contributed by atoms with Gasteiger partial charge >= 0.3 is 0 Å². The van der Waals surface area contributed by atoms with Crippen LogP contribution in [0.25, 0.3) is 0 Å². The summed E-state index contributed by atoms with van der Waals surface area (Å²) in [6.07, 6.45) is 8.84. The maximum Gasteiger partial charge on any atom is 0.221 e. The van der Waals surface area contributed by atoms with Crippen LogP contribution in [0.5, 0.6) is 0 Å². The average molecular weight is 466 g/mol. The molecule has 0 unspecified atom stereocenters. The van der Waals surface area contributed by atoms with Gasteiger partial charge in [-0.3, -0.25) is 9.79 Å². The second-order valence-corrected chi connectivity index (χ2v) is 6.86. The molecular weight excluding hydrogens is 431 g/mol. The Hall–Kier alpha value is -0.570. The Morgan fingerprint density at radius 2 is 1.92 bits per heavy atom. The molecule has 146 valence electrons. The van der Waals surface area contributed by atoms with Gasteiger partial charge in [-0.05, 0) is 44.9 Å². The summed E-state index contributed by atoms with van der Waals surface area (Å²) in [7, 11) is 0. The minimum atomic E-state index is 0. The molecule has 6 nitrogen and oxygen atoms in total. The van der Waals surface area contributed by atoms with Gasteiger partial charge in [-0.2, -0.15) is 0 Å². The van der Waals surface area contributed by atoms with Gasteiger partial charge in [0.25, 0.3) is 0 Å². The normalized spacial score (nSPS) is 17.9. The Morgan fingerprint density at radius 3 is 2.60 bits per heavy atom. The van der Waals surface area contributed by atoms with Crippen LogP contribution >= 0.6 is 24.0 Å². The number of amides is 1. The molecule has 0 aliphatic heterocycles. The van der Waals surface area contributed by atoms with Crippen LogP contribution in [0.3, 0.4) is 0 Å². The van der Waals surface area contributed by atoms with Crippen LogP contribution in [0.1, 0.15) is 58.3 Å². The summed E-state index contributed by atoms with van der Waals surface area (Å²) >= 11 is 0. The van der Waals surface area contributed by atoms with Crippen molar-refractivity contribution in [3.05, 3.63) is 0 Å². The number of hydrogen-bond acceptors (Lipinski definition) is 3. The van der Waals surface area contributed by atoms with E-state index in [1.54, 1.807) is 0 Å². The van der Waals surface area contributed by atoms with Gasteiger partial charge in [0.15, 0.2) is 5.96 Å². The highest BCUT2D eigenvalue weighted by molar-refractivity contribution is 14.0. The van der Waals surface area contributed by atoms with Gasteiger partial charge in [-0.15, -0.1) is 24.0 Å². The van der Waals surface area contributed by atoms with Gasteiger partial charge < -0.3 is 20.7 Å². The van der Waals surface area contributed by atoms with Crippen LogP contribution in [0.4, 0.5) is 0 Å². The summed E-state index contributed by atoms with van der Waals surface area (Å²) in [5.74, 6) is 1.75. The lowest BCUT2D eigenvalue weighted by atomic mass is 10.2. The SMILES string of the molecule is CCNC(=NCCCOCC1CC1)NCCC(=O)NC1CCCC1.I. The maximum atomic E-state index is 11.9. The number of carbonyl (C=O) groups is 1. The zero-order valence-corrected chi connectivity index (χ0v) is 17.8. The highest BCUT2D eigenvalue weighted by Crippen LogP contribution is 2.28. The molecule has 3 N–H and O–H groups in total. The highest BCUT2D eigenvalue weighted by atomic mass is 127. The van der Waals surface area contributed by atoms with E-state index >= 15 is 0 Å². The third kappa shape index (κ3) is 10.9. The number of rotatable bonds is 11. The van der Waals surface area contributed by atoms with Crippen LogP contribution in [-0.2, 0) is 9.53 Å². The van der Waals surface area contributed by atoms with E-state index in [9.17, 15) is 4.79 Å². The van der Waals surface area contributed by atoms with E-state index in [4.69, 9.17) is 4.74 Å². The van der Waals surface area contributed by atoms with Crippen LogP contribution in [0, 0.1) is 5.92 Å². The van der Waals surface area contributed by atoms with Gasteiger partial charge in [-0.1, -0.05) is 12.8 Å². The zero-order valence-electron chi connectivity index (χ0n) is 15.5. The minimum absolute atomic E-state index is 0. The summed E-state index contributed by atoms with van der Waals surface area (Å²) in [5.41, 5.74) is 0. The van der Waals surface area contributed by atoms with Crippen molar-refractivity contribution in [3.63, 3.8) is 0 Å². The minimum Gasteiger partial charge on any atom is -0.381 e. The molecule has 25 heavy (non-hydrogen) atoms. The molecule has 0 aromatic heterocycles. The van der Waals surface area contributed by atoms with Gasteiger partial charge in [0.1, 0.15) is 0 Å². The van der Waals surface area contributed by atoms with E-state index in [2.05, 4.69) is 20.9 Å². The van der Waals surface area contributed by atoms with Crippen molar-refractivity contribution in [3.8, 4) is 0 Å². The molecule has 2 aliphatic rings. The summed E-state index contributed by atoms with van der Waals surface area (Å²) in [5, 5.41) is 9.56. The van der Waals surface area contributed by atoms with Crippen molar-refractivity contribution in [1.82, 2.24) is 16.0 Å². The molecule has 2 aliphatic carbocycles. The van der Waals surface area contributed by atoms with Crippen molar-refractivity contribution < 1.29 is 9.53 Å². The molecule has 0 spiro atoms. The number of halogens is 1. The number of hydrogen-bond donors (Lipinski definition) is 3. The van der Waals surface area contributed by atoms with Crippen LogP contribution in [0.15, 0.2) is 4.99 Å². The number of aliphatic imine (C=N–C) groups is 1. The Morgan fingerprint density at radius 1 is 1.16 bits per heavy atom. The van der Waals surface area contributed by atoms with Crippen molar-refractivity contribution >= 4 is 35.8 Å². The lowest BCUT2D eigenvalue weighted by Gasteiger charge is -2.13. The molecule has 0 aromatic rings. The molecule has 0 aromatic carbocycles. The molecule has 0 heterocycles. The summed E-state index contributed by atoms with van der Waals surface area (Å²) in [4.78, 5) is 16.4. The van der Waals surface area contributed by atoms with E-state index in [1.165, 1.54) is 25.7 Å².